The van der Waals surface area contributed by atoms with Crippen LogP contribution in [0, 0.1) is 4.54 Å². The Balaban J connectivity index is 2.32. The average molecular weight is 73.1 g/mol. The molecule has 1 aliphatic heterocycles. The quantitative estimate of drug-likeness (QED) is 0.396. The zero-order valence-corrected chi connectivity index (χ0v) is 2.77. The van der Waals surface area contributed by atoms with Crippen molar-refractivity contribution in [1.82, 2.24) is 5.32 Å². The van der Waals surface area contributed by atoms with E-state index in [2.05, 4.69) is 15.0 Å². The summed E-state index contributed by atoms with van der Waals surface area (Å²) in [6.45, 7) is 1.24. The van der Waals surface area contributed by atoms with Crippen LogP contribution < -0.4 is 5.32 Å². The molecule has 0 saturated heterocycles. The monoisotopic (exact) mass is 73.0 g/mol. The molecule has 0 saturated carbocycles. The standard InChI is InChI=1S/C2H5N2O/c1-3-2-5-4-1/h3H,1-2H2/q+1. The van der Waals surface area contributed by atoms with Crippen LogP contribution in [0.5, 0.6) is 0 Å². The summed E-state index contributed by atoms with van der Waals surface area (Å²) in [6, 6.07) is 0. The number of nitrogens with one attached hydrogen (secondary N) is 1. The molecule has 0 unspecified atom stereocenters. The van der Waals surface area contributed by atoms with Crippen LogP contribution in [-0.2, 0) is 0 Å². The Kier molecular flexibility index (Phi) is 0.624. The summed E-state index contributed by atoms with van der Waals surface area (Å²) < 4.78 is 4.46. The molecule has 1 aliphatic rings. The van der Waals surface area contributed by atoms with Crippen LogP contribution in [0.25, 0.3) is 0 Å². The third kappa shape index (κ3) is 0.417. The number of rotatable bonds is 0. The van der Waals surface area contributed by atoms with Crippen LogP contribution >= 0.6 is 0 Å². The van der Waals surface area contributed by atoms with Crippen LogP contribution in [-0.4, -0.2) is 13.4 Å². The normalized spacial score (nSPS) is 20.8. The fourth-order valence-electron chi connectivity index (χ4n) is 0.228. The van der Waals surface area contributed by atoms with Crippen LogP contribution in [0.1, 0.15) is 0 Å². The maximum absolute atomic E-state index is 4.46. The fourth-order valence-corrected chi connectivity index (χ4v) is 0.228. The third-order valence-corrected chi connectivity index (χ3v) is 0.434. The smallest absolute Gasteiger partial charge is 0.204 e. The molecule has 0 bridgehead atoms. The van der Waals surface area contributed by atoms with E-state index >= 15 is 0 Å². The summed E-state index contributed by atoms with van der Waals surface area (Å²) in [5, 5.41) is 6.31. The first kappa shape index (κ1) is 2.78. The van der Waals surface area contributed by atoms with Crippen molar-refractivity contribution in [1.29, 1.82) is 0 Å². The zero-order valence-electron chi connectivity index (χ0n) is 2.77. The van der Waals surface area contributed by atoms with Crippen LogP contribution in [0.3, 0.4) is 0 Å². The van der Waals surface area contributed by atoms with Crippen molar-refractivity contribution in [3.05, 3.63) is 4.54 Å². The van der Waals surface area contributed by atoms with E-state index in [1.54, 1.807) is 0 Å². The van der Waals surface area contributed by atoms with E-state index in [0.29, 0.717) is 13.4 Å². The third-order valence-electron chi connectivity index (χ3n) is 0.434. The average Bonchev–Trinajstić information content (AvgIpc) is 1.76. The van der Waals surface area contributed by atoms with E-state index in [0.717, 1.165) is 0 Å². The van der Waals surface area contributed by atoms with Crippen molar-refractivity contribution in [3.8, 4) is 0 Å². The lowest BCUT2D eigenvalue weighted by molar-refractivity contribution is 0.846. The van der Waals surface area contributed by atoms with Gasteiger partial charge >= 0.3 is 6.73 Å². The molecule has 5 heavy (non-hydrogen) atoms. The van der Waals surface area contributed by atoms with E-state index in [9.17, 15) is 0 Å². The summed E-state index contributed by atoms with van der Waals surface area (Å²) >= 11 is 0. The van der Waals surface area contributed by atoms with Gasteiger partial charge in [0.05, 0.1) is 0 Å². The molecule has 0 amide bonds. The Labute approximate surface area is 29.7 Å². The van der Waals surface area contributed by atoms with Crippen LogP contribution in [0.4, 0.5) is 0 Å². The summed E-state index contributed by atoms with van der Waals surface area (Å²) in [4.78, 5) is 0. The first-order chi connectivity index (χ1) is 2.50. The lowest BCUT2D eigenvalue weighted by Gasteiger charge is -1.60. The molecule has 1 heterocycles. The van der Waals surface area contributed by atoms with E-state index in [4.69, 9.17) is 0 Å². The molecule has 3 nitrogen and oxygen atoms in total. The first-order valence-electron chi connectivity index (χ1n) is 1.49. The Morgan fingerprint density at radius 1 is 1.80 bits per heavy atom. The second kappa shape index (κ2) is 1.12. The van der Waals surface area contributed by atoms with Gasteiger partial charge in [-0.3, -0.25) is 0 Å². The maximum Gasteiger partial charge on any atom is 0.363 e. The van der Waals surface area contributed by atoms with Crippen molar-refractivity contribution in [2.75, 3.05) is 13.4 Å². The van der Waals surface area contributed by atoms with E-state index in [-0.39, 0.29) is 0 Å². The predicted octanol–water partition coefficient (Wildman–Crippen LogP) is -0.193. The molecule has 0 aromatic carbocycles. The molecule has 0 fully saturated rings. The van der Waals surface area contributed by atoms with Gasteiger partial charge in [-0.2, -0.15) is 0 Å². The molecule has 0 aliphatic carbocycles. The number of hydrogen-bond donors (Lipinski definition) is 1. The van der Waals surface area contributed by atoms with Gasteiger partial charge in [0, 0.05) is 0 Å². The Morgan fingerprint density at radius 2 is 2.80 bits per heavy atom. The van der Waals surface area contributed by atoms with E-state index in [1.165, 1.54) is 0 Å². The first-order valence-corrected chi connectivity index (χ1v) is 1.49. The Bertz CT molecular complexity index is 45.6. The molecule has 0 radical (unpaired) electrons. The molecule has 1 rings (SSSR count). The van der Waals surface area contributed by atoms with Gasteiger partial charge in [0.2, 0.25) is 0 Å². The Hall–Kier alpha value is -0.440. The molecule has 1 N–H and O–H groups in total. The summed E-state index contributed by atoms with van der Waals surface area (Å²) in [7, 11) is 0. The minimum absolute atomic E-state index is 0.583. The van der Waals surface area contributed by atoms with Gasteiger partial charge in [0.1, 0.15) is 5.18 Å². The Morgan fingerprint density at radius 3 is 3.00 bits per heavy atom. The van der Waals surface area contributed by atoms with Crippen molar-refractivity contribution in [2.45, 2.75) is 0 Å². The van der Waals surface area contributed by atoms with Gasteiger partial charge in [0.25, 0.3) is 0 Å². The minimum Gasteiger partial charge on any atom is -0.204 e. The summed E-state index contributed by atoms with van der Waals surface area (Å²) in [5.41, 5.74) is 0. The van der Waals surface area contributed by atoms with E-state index < -0.39 is 0 Å². The second-order valence-electron chi connectivity index (χ2n) is 0.811. The topological polar surface area (TPSA) is 35.7 Å². The van der Waals surface area contributed by atoms with Crippen molar-refractivity contribution < 1.29 is 0 Å². The maximum atomic E-state index is 4.46. The van der Waals surface area contributed by atoms with Gasteiger partial charge in [-0.15, -0.1) is 4.54 Å². The lowest BCUT2D eigenvalue weighted by Crippen LogP contribution is -2.05. The molecule has 3 heteroatoms. The lowest BCUT2D eigenvalue weighted by atomic mass is 11.1. The summed E-state index contributed by atoms with van der Waals surface area (Å²) in [6.07, 6.45) is 0. The highest BCUT2D eigenvalue weighted by Crippen LogP contribution is 1.73. The highest BCUT2D eigenvalue weighted by atomic mass is 16.5. The van der Waals surface area contributed by atoms with E-state index in [1.807, 2.05) is 0 Å². The summed E-state index contributed by atoms with van der Waals surface area (Å²) in [5.74, 6) is 0. The molecule has 0 spiro atoms. The second-order valence-corrected chi connectivity index (χ2v) is 0.811. The molecule has 0 aromatic rings. The van der Waals surface area contributed by atoms with Crippen molar-refractivity contribution in [3.63, 3.8) is 0 Å². The minimum atomic E-state index is 0.583. The van der Waals surface area contributed by atoms with Crippen LogP contribution in [0.2, 0.25) is 0 Å². The molecular weight excluding hydrogens is 68.0 g/mol. The number of nitroso groups, excluding NO2 is 1. The fraction of sp³-hybridized carbons (Fsp3) is 1.00. The zero-order chi connectivity index (χ0) is 3.54. The molecule has 28 valence electrons. The van der Waals surface area contributed by atoms with Crippen LogP contribution in [0.15, 0.2) is 5.18 Å². The van der Waals surface area contributed by atoms with Gasteiger partial charge in [-0.1, -0.05) is 0 Å². The molecule has 0 aromatic heterocycles. The number of nitrogens with zero attached hydrogens (tertiary/aromatic N) is 1. The van der Waals surface area contributed by atoms with Gasteiger partial charge in [-0.25, -0.2) is 5.32 Å². The highest BCUT2D eigenvalue weighted by Gasteiger charge is 1.99. The van der Waals surface area contributed by atoms with Crippen molar-refractivity contribution >= 4 is 0 Å². The van der Waals surface area contributed by atoms with Gasteiger partial charge in [0.15, 0.2) is 6.67 Å². The molecular formula is C2H5N2O+. The highest BCUT2D eigenvalue weighted by molar-refractivity contribution is 4.65. The predicted molar refractivity (Wildman–Crippen MR) is 18.7 cm³/mol. The molecule has 0 atom stereocenters. The van der Waals surface area contributed by atoms with Crippen molar-refractivity contribution in [2.24, 2.45) is 5.18 Å². The van der Waals surface area contributed by atoms with Gasteiger partial charge in [-0.05, 0) is 0 Å². The SMILES string of the molecule is C1N=[O+]CN1. The largest absolute Gasteiger partial charge is 0.363 e. The number of hydrogen-bond acceptors (Lipinski definition) is 2. The van der Waals surface area contributed by atoms with Gasteiger partial charge < -0.3 is 0 Å².